The molecule has 6 N–H and O–H groups in total. The van der Waals surface area contributed by atoms with E-state index < -0.39 is 11.9 Å². The van der Waals surface area contributed by atoms with Crippen LogP contribution in [0.25, 0.3) is 0 Å². The van der Waals surface area contributed by atoms with Gasteiger partial charge in [-0.15, -0.1) is 0 Å². The van der Waals surface area contributed by atoms with Crippen LogP contribution in [0.15, 0.2) is 9.98 Å². The van der Waals surface area contributed by atoms with E-state index in [1.165, 1.54) is 43.6 Å². The third-order valence-corrected chi connectivity index (χ3v) is 4.76. The van der Waals surface area contributed by atoms with Gasteiger partial charge in [-0.3, -0.25) is 20.1 Å². The molecule has 32 heavy (non-hydrogen) atoms. The van der Waals surface area contributed by atoms with Gasteiger partial charge >= 0.3 is 0 Å². The van der Waals surface area contributed by atoms with Crippen molar-refractivity contribution in [3.63, 3.8) is 0 Å². The Morgan fingerprint density at radius 1 is 1.00 bits per heavy atom. The molecule has 0 atom stereocenters. The second-order valence-electron chi connectivity index (χ2n) is 9.40. The number of carboxylic acids is 2. The molecule has 1 aliphatic rings. The van der Waals surface area contributed by atoms with Crippen LogP contribution in [0.1, 0.15) is 40.5 Å². The van der Waals surface area contributed by atoms with E-state index in [0.29, 0.717) is 24.4 Å². The number of carbonyl (C=O) groups is 2. The molecule has 0 saturated carbocycles. The molecule has 0 aromatic carbocycles. The minimum atomic E-state index is -1.08. The molecule has 1 heterocycles. The SMILES string of the molecule is CC(=O)O.CC(=O)[O-].CC(C)CN=C(N)NC(N)=NCCCC[N+]1(C)CC[N+](C)(C)CC1. The third kappa shape index (κ3) is 22.3. The van der Waals surface area contributed by atoms with E-state index in [-0.39, 0.29) is 0 Å². The quantitative estimate of drug-likeness (QED) is 0.164. The zero-order valence-electron chi connectivity index (χ0n) is 21.1. The van der Waals surface area contributed by atoms with Gasteiger partial charge in [0.2, 0.25) is 0 Å². The highest BCUT2D eigenvalue weighted by atomic mass is 16.4. The lowest BCUT2D eigenvalue weighted by Crippen LogP contribution is -2.62. The van der Waals surface area contributed by atoms with Crippen LogP contribution in [0, 0.1) is 5.92 Å². The smallest absolute Gasteiger partial charge is 0.300 e. The first-order chi connectivity index (χ1) is 14.6. The average Bonchev–Trinajstić information content (AvgIpc) is 2.62. The Morgan fingerprint density at radius 3 is 1.88 bits per heavy atom. The Hall–Kier alpha value is -2.40. The molecule has 188 valence electrons. The summed E-state index contributed by atoms with van der Waals surface area (Å²) in [6.07, 6.45) is 2.23. The Bertz CT molecular complexity index is 589. The normalized spacial score (nSPS) is 17.4. The first-order valence-electron chi connectivity index (χ1n) is 11.0. The molecule has 1 saturated heterocycles. The molecule has 0 spiro atoms. The predicted octanol–water partition coefficient (Wildman–Crippen LogP) is -0.975. The number of carbonyl (C=O) groups excluding carboxylic acids is 1. The first kappa shape index (κ1) is 31.8. The number of hydrogen-bond acceptors (Lipinski definition) is 5. The lowest BCUT2D eigenvalue weighted by atomic mass is 10.2. The fourth-order valence-corrected chi connectivity index (χ4v) is 2.77. The van der Waals surface area contributed by atoms with Crippen molar-refractivity contribution in [3.05, 3.63) is 0 Å². The van der Waals surface area contributed by atoms with Gasteiger partial charge in [-0.2, -0.15) is 0 Å². The third-order valence-electron chi connectivity index (χ3n) is 4.76. The van der Waals surface area contributed by atoms with Crippen molar-refractivity contribution >= 4 is 23.9 Å². The van der Waals surface area contributed by atoms with Gasteiger partial charge in [0.05, 0.1) is 27.7 Å². The molecule has 11 heteroatoms. The van der Waals surface area contributed by atoms with Crippen molar-refractivity contribution in [2.45, 2.75) is 40.5 Å². The first-order valence-corrected chi connectivity index (χ1v) is 11.0. The fourth-order valence-electron chi connectivity index (χ4n) is 2.77. The summed E-state index contributed by atoms with van der Waals surface area (Å²) in [4.78, 5) is 26.4. The Morgan fingerprint density at radius 2 is 1.44 bits per heavy atom. The number of likely N-dealkylation sites (N-methyl/N-ethyl adjacent to an activating group) is 2. The largest absolute Gasteiger partial charge is 0.550 e. The number of unbranched alkanes of at least 4 members (excludes halogenated alkanes) is 1. The van der Waals surface area contributed by atoms with E-state index >= 15 is 0 Å². The van der Waals surface area contributed by atoms with Crippen molar-refractivity contribution in [3.8, 4) is 0 Å². The molecule has 0 bridgehead atoms. The minimum absolute atomic E-state index is 0.345. The van der Waals surface area contributed by atoms with E-state index in [4.69, 9.17) is 31.3 Å². The summed E-state index contributed by atoms with van der Waals surface area (Å²) in [7, 11) is 7.03. The van der Waals surface area contributed by atoms with Crippen LogP contribution >= 0.6 is 0 Å². The van der Waals surface area contributed by atoms with Gasteiger partial charge in [0.25, 0.3) is 5.97 Å². The number of nitrogens with zero attached hydrogens (tertiary/aromatic N) is 4. The highest BCUT2D eigenvalue weighted by Crippen LogP contribution is 2.14. The number of aliphatic imine (C=N–C) groups is 2. The molecule has 0 unspecified atom stereocenters. The average molecular weight is 461 g/mol. The van der Waals surface area contributed by atoms with E-state index in [9.17, 15) is 0 Å². The maximum absolute atomic E-state index is 9.00. The number of nitrogens with one attached hydrogen (secondary N) is 1. The monoisotopic (exact) mass is 460 g/mol. The number of piperazine rings is 1. The fraction of sp³-hybridized carbons (Fsp3) is 0.810. The lowest BCUT2D eigenvalue weighted by molar-refractivity contribution is -1.01. The number of hydrogen-bond donors (Lipinski definition) is 4. The van der Waals surface area contributed by atoms with Crippen molar-refractivity contribution < 1.29 is 28.8 Å². The predicted molar refractivity (Wildman–Crippen MR) is 127 cm³/mol. The number of aliphatic carboxylic acids is 2. The van der Waals surface area contributed by atoms with Crippen LogP contribution in [0.2, 0.25) is 0 Å². The summed E-state index contributed by atoms with van der Waals surface area (Å²) in [6.45, 7) is 14.0. The van der Waals surface area contributed by atoms with Crippen molar-refractivity contribution in [1.82, 2.24) is 5.32 Å². The molecule has 0 aromatic heterocycles. The standard InChI is InChI=1S/C17H39N7.2C2H4O2/c1-15(2)14-21-17(19)22-16(18)20-8-6-7-9-24(5)12-10-23(3,4)11-13-24;2*1-2(3)4/h15H,6-14H2,1-5H3,(H5,18,19,20,21,22);2*1H3,(H,3,4)/q+2;;/p-1. The van der Waals surface area contributed by atoms with Gasteiger partial charge in [0.1, 0.15) is 26.2 Å². The Kier molecular flexibility index (Phi) is 16.2. The van der Waals surface area contributed by atoms with Crippen LogP contribution < -0.4 is 21.9 Å². The summed E-state index contributed by atoms with van der Waals surface area (Å²) in [5.74, 6) is -0.735. The van der Waals surface area contributed by atoms with E-state index in [2.05, 4.69) is 50.3 Å². The summed E-state index contributed by atoms with van der Waals surface area (Å²) < 4.78 is 2.34. The number of rotatable bonds is 7. The zero-order chi connectivity index (χ0) is 25.4. The highest BCUT2D eigenvalue weighted by molar-refractivity contribution is 5.97. The topological polar surface area (TPSA) is 166 Å². The molecule has 11 nitrogen and oxygen atoms in total. The second-order valence-corrected chi connectivity index (χ2v) is 9.40. The second kappa shape index (κ2) is 16.3. The van der Waals surface area contributed by atoms with Gasteiger partial charge in [-0.05, 0) is 25.7 Å². The molecule has 1 aliphatic heterocycles. The van der Waals surface area contributed by atoms with Crippen molar-refractivity contribution in [2.75, 3.05) is 67.0 Å². The van der Waals surface area contributed by atoms with Crippen molar-refractivity contribution in [1.29, 1.82) is 0 Å². The molecular weight excluding hydrogens is 414 g/mol. The van der Waals surface area contributed by atoms with Gasteiger partial charge < -0.3 is 35.4 Å². The molecule has 0 radical (unpaired) electrons. The lowest BCUT2D eigenvalue weighted by Gasteiger charge is -2.44. The number of nitrogens with two attached hydrogens (primary N) is 2. The van der Waals surface area contributed by atoms with E-state index in [0.717, 1.165) is 31.3 Å². The van der Waals surface area contributed by atoms with Crippen LogP contribution in [0.5, 0.6) is 0 Å². The Balaban J connectivity index is 0. The summed E-state index contributed by atoms with van der Waals surface area (Å²) in [5, 5.41) is 19.1. The molecule has 0 amide bonds. The van der Waals surface area contributed by atoms with Crippen LogP contribution in [0.4, 0.5) is 0 Å². The van der Waals surface area contributed by atoms with Crippen molar-refractivity contribution in [2.24, 2.45) is 27.4 Å². The molecule has 0 aliphatic carbocycles. The van der Waals surface area contributed by atoms with Gasteiger partial charge in [0.15, 0.2) is 11.9 Å². The molecule has 1 fully saturated rings. The molecule has 0 aromatic rings. The summed E-state index contributed by atoms with van der Waals surface area (Å²) in [6, 6.07) is 0. The highest BCUT2D eigenvalue weighted by Gasteiger charge is 2.33. The van der Waals surface area contributed by atoms with E-state index in [1.807, 2.05) is 0 Å². The molecular formula is C21H46N7O4+. The van der Waals surface area contributed by atoms with Gasteiger partial charge in [0, 0.05) is 26.0 Å². The number of quaternary nitrogens is 2. The van der Waals surface area contributed by atoms with Crippen LogP contribution in [-0.4, -0.2) is 105 Å². The maximum Gasteiger partial charge on any atom is 0.300 e. The summed E-state index contributed by atoms with van der Waals surface area (Å²) in [5.41, 5.74) is 11.6. The number of guanidine groups is 2. The van der Waals surface area contributed by atoms with Gasteiger partial charge in [-0.25, -0.2) is 0 Å². The summed E-state index contributed by atoms with van der Waals surface area (Å²) >= 11 is 0. The van der Waals surface area contributed by atoms with Crippen LogP contribution in [-0.2, 0) is 9.59 Å². The van der Waals surface area contributed by atoms with Gasteiger partial charge in [-0.1, -0.05) is 13.8 Å². The van der Waals surface area contributed by atoms with Crippen LogP contribution in [0.3, 0.4) is 0 Å². The zero-order valence-corrected chi connectivity index (χ0v) is 21.1. The minimum Gasteiger partial charge on any atom is -0.550 e. The van der Waals surface area contributed by atoms with E-state index in [1.54, 1.807) is 0 Å². The maximum atomic E-state index is 9.00. The number of carboxylic acid groups (broad SMARTS) is 2. The Labute approximate surface area is 193 Å². The molecule has 1 rings (SSSR count).